The van der Waals surface area contributed by atoms with Gasteiger partial charge in [-0.1, -0.05) is 12.1 Å². The van der Waals surface area contributed by atoms with Crippen LogP contribution < -0.4 is 4.72 Å². The van der Waals surface area contributed by atoms with Crippen LogP contribution in [0, 0.1) is 0 Å². The second kappa shape index (κ2) is 10.5. The van der Waals surface area contributed by atoms with E-state index in [1.807, 2.05) is 4.72 Å². The number of carboxylic acids is 3. The summed E-state index contributed by atoms with van der Waals surface area (Å²) in [4.78, 5) is 59.6. The molecule has 0 atom stereocenters. The van der Waals surface area contributed by atoms with E-state index < -0.39 is 60.1 Å². The number of phosphoric acid groups is 1. The average Bonchev–Trinajstić information content (AvgIpc) is 2.74. The predicted octanol–water partition coefficient (Wildman–Crippen LogP) is -1.66. The van der Waals surface area contributed by atoms with Crippen molar-refractivity contribution in [3.8, 4) is 0 Å². The van der Waals surface area contributed by atoms with Crippen molar-refractivity contribution in [2.75, 3.05) is 0 Å². The first-order valence-corrected chi connectivity index (χ1v) is 10.2. The number of sulfonamides is 1. The molecule has 0 saturated heterocycles. The summed E-state index contributed by atoms with van der Waals surface area (Å²) in [6.45, 7) is 0. The minimum atomic E-state index is -5.36. The Labute approximate surface area is 190 Å². The number of hydrogen-bond acceptors (Lipinski definition) is 8. The molecule has 1 aromatic rings. The van der Waals surface area contributed by atoms with Gasteiger partial charge in [0.05, 0.1) is 18.4 Å². The zero-order chi connectivity index (χ0) is 22.6. The van der Waals surface area contributed by atoms with Crippen LogP contribution in [0.15, 0.2) is 29.2 Å². The SMILES string of the molecule is O=C(O)CC(CC(=O)O)(OP(=O)(O)O)C(=O)O.O=C1NS(=O)(=O)c2ccccc21.[NaH]. The van der Waals surface area contributed by atoms with Gasteiger partial charge in [-0.05, 0) is 12.1 Å². The van der Waals surface area contributed by atoms with Crippen LogP contribution in [-0.4, -0.2) is 92.5 Å². The zero-order valence-corrected chi connectivity index (χ0v) is 15.8. The molecule has 0 aliphatic carbocycles. The van der Waals surface area contributed by atoms with Gasteiger partial charge in [-0.2, -0.15) is 0 Å². The number of rotatable bonds is 7. The van der Waals surface area contributed by atoms with Crippen molar-refractivity contribution in [2.24, 2.45) is 0 Å². The Morgan fingerprint density at radius 3 is 1.87 bits per heavy atom. The summed E-state index contributed by atoms with van der Waals surface area (Å²) in [6.07, 6.45) is -2.81. The fraction of sp³-hybridized carbons (Fsp3) is 0.231. The van der Waals surface area contributed by atoms with E-state index in [0.29, 0.717) is 0 Å². The van der Waals surface area contributed by atoms with Crippen molar-refractivity contribution in [3.63, 3.8) is 0 Å². The van der Waals surface area contributed by atoms with Crippen molar-refractivity contribution in [3.05, 3.63) is 29.8 Å². The van der Waals surface area contributed by atoms with E-state index in [2.05, 4.69) is 4.52 Å². The summed E-state index contributed by atoms with van der Waals surface area (Å²) in [5.41, 5.74) is -2.80. The van der Waals surface area contributed by atoms with E-state index in [4.69, 9.17) is 25.1 Å². The molecule has 30 heavy (non-hydrogen) atoms. The molecule has 1 aliphatic rings. The zero-order valence-electron chi connectivity index (χ0n) is 14.1. The van der Waals surface area contributed by atoms with Crippen LogP contribution in [0.4, 0.5) is 0 Å². The first-order chi connectivity index (χ1) is 13.1. The Bertz CT molecular complexity index is 986. The molecular formula is C13H15NNaO13PS. The summed E-state index contributed by atoms with van der Waals surface area (Å²) < 4.78 is 38.5. The van der Waals surface area contributed by atoms with Gasteiger partial charge >= 0.3 is 55.3 Å². The molecule has 0 bridgehead atoms. The number of phosphoric ester groups is 1. The van der Waals surface area contributed by atoms with E-state index in [9.17, 15) is 32.2 Å². The van der Waals surface area contributed by atoms with Gasteiger partial charge in [0.1, 0.15) is 4.90 Å². The minimum absolute atomic E-state index is 0. The molecule has 0 aromatic heterocycles. The van der Waals surface area contributed by atoms with Crippen LogP contribution in [-0.2, 0) is 33.5 Å². The number of carboxylic acid groups (broad SMARTS) is 3. The second-order valence-corrected chi connectivity index (χ2v) is 8.27. The molecular weight excluding hydrogens is 464 g/mol. The molecule has 1 aromatic carbocycles. The molecule has 0 fully saturated rings. The Kier molecular flexibility index (Phi) is 9.82. The molecule has 1 aliphatic heterocycles. The molecule has 1 amide bonds. The van der Waals surface area contributed by atoms with Gasteiger partial charge in [0, 0.05) is 0 Å². The van der Waals surface area contributed by atoms with Crippen LogP contribution in [0.5, 0.6) is 0 Å². The Hall–Kier alpha value is -1.84. The number of hydrogen-bond donors (Lipinski definition) is 6. The van der Waals surface area contributed by atoms with Gasteiger partial charge in [0.25, 0.3) is 15.9 Å². The van der Waals surface area contributed by atoms with Crippen LogP contribution >= 0.6 is 7.82 Å². The second-order valence-electron chi connectivity index (χ2n) is 5.45. The quantitative estimate of drug-likeness (QED) is 0.190. The number of aliphatic carboxylic acids is 3. The summed E-state index contributed by atoms with van der Waals surface area (Å²) in [6, 6.07) is 6.09. The monoisotopic (exact) mass is 479 g/mol. The van der Waals surface area contributed by atoms with Gasteiger partial charge in [0.15, 0.2) is 5.60 Å². The van der Waals surface area contributed by atoms with Crippen molar-refractivity contribution >= 4 is 71.2 Å². The van der Waals surface area contributed by atoms with Crippen LogP contribution in [0.1, 0.15) is 23.2 Å². The average molecular weight is 479 g/mol. The fourth-order valence-electron chi connectivity index (χ4n) is 2.15. The molecule has 162 valence electrons. The van der Waals surface area contributed by atoms with Crippen molar-refractivity contribution in [1.82, 2.24) is 4.72 Å². The molecule has 1 heterocycles. The van der Waals surface area contributed by atoms with Gasteiger partial charge in [-0.15, -0.1) is 0 Å². The number of amides is 1. The van der Waals surface area contributed by atoms with Crippen molar-refractivity contribution in [2.45, 2.75) is 23.3 Å². The first kappa shape index (κ1) is 28.2. The Morgan fingerprint density at radius 1 is 1.03 bits per heavy atom. The number of nitrogens with one attached hydrogen (secondary N) is 1. The van der Waals surface area contributed by atoms with Gasteiger partial charge in [-0.3, -0.25) is 18.9 Å². The molecule has 2 rings (SSSR count). The van der Waals surface area contributed by atoms with Crippen molar-refractivity contribution < 1.29 is 61.8 Å². The van der Waals surface area contributed by atoms with Gasteiger partial charge in [-0.25, -0.2) is 22.5 Å². The van der Waals surface area contributed by atoms with E-state index in [0.717, 1.165) is 0 Å². The molecule has 0 unspecified atom stereocenters. The number of benzene rings is 1. The number of carbonyl (C=O) groups excluding carboxylic acids is 1. The van der Waals surface area contributed by atoms with Crippen LogP contribution in [0.25, 0.3) is 0 Å². The fourth-order valence-corrected chi connectivity index (χ4v) is 3.99. The van der Waals surface area contributed by atoms with Gasteiger partial charge < -0.3 is 25.1 Å². The third-order valence-corrected chi connectivity index (χ3v) is 5.18. The summed E-state index contributed by atoms with van der Waals surface area (Å²) in [5, 5.41) is 25.5. The molecule has 17 heteroatoms. The Morgan fingerprint density at radius 2 is 1.50 bits per heavy atom. The molecule has 6 N–H and O–H groups in total. The van der Waals surface area contributed by atoms with E-state index in [1.165, 1.54) is 12.1 Å². The van der Waals surface area contributed by atoms with Crippen molar-refractivity contribution in [1.29, 1.82) is 0 Å². The third kappa shape index (κ3) is 7.77. The third-order valence-electron chi connectivity index (χ3n) is 3.21. The van der Waals surface area contributed by atoms with E-state index in [1.54, 1.807) is 12.1 Å². The summed E-state index contributed by atoms with van der Waals surface area (Å²) >= 11 is 0. The van der Waals surface area contributed by atoms with Crippen LogP contribution in [0.2, 0.25) is 0 Å². The van der Waals surface area contributed by atoms with E-state index in [-0.39, 0.29) is 40.0 Å². The van der Waals surface area contributed by atoms with Crippen LogP contribution in [0.3, 0.4) is 0 Å². The predicted molar refractivity (Wildman–Crippen MR) is 96.2 cm³/mol. The molecule has 0 spiro atoms. The topological polar surface area (TPSA) is 242 Å². The van der Waals surface area contributed by atoms with Gasteiger partial charge in [0.2, 0.25) is 0 Å². The van der Waals surface area contributed by atoms with E-state index >= 15 is 0 Å². The summed E-state index contributed by atoms with van der Waals surface area (Å²) in [7, 11) is -8.92. The first-order valence-electron chi connectivity index (χ1n) is 7.19. The Balaban J connectivity index is 0.000000566. The standard InChI is InChI=1S/C7H5NO3S.C6H9O10P.Na.H/c9-7-5-3-1-2-4-6(5)12(10,11)8-7;7-3(8)1-6(5(11)12,2-4(9)10)16-17(13,14)15;;/h1-4H,(H,8,9);1-2H2,(H,7,8)(H,9,10)(H,11,12)(H2,13,14,15);;. The summed E-state index contributed by atoms with van der Waals surface area (Å²) in [5.74, 6) is -6.19. The molecule has 14 nitrogen and oxygen atoms in total. The molecule has 0 saturated carbocycles. The maximum atomic E-state index is 11.1. The normalized spacial score (nSPS) is 14.3. The maximum absolute atomic E-state index is 11.1. The molecule has 0 radical (unpaired) electrons. The number of carbonyl (C=O) groups is 4. The number of fused-ring (bicyclic) bond motifs is 1.